The number of guanidine groups is 1. The maximum atomic E-state index is 6.58. The van der Waals surface area contributed by atoms with Crippen molar-refractivity contribution >= 4 is 17.6 Å². The molecule has 0 amide bonds. The fraction of sp³-hybridized carbons (Fsp3) is 0.667. The minimum atomic E-state index is 0.0143. The van der Waals surface area contributed by atoms with Crippen molar-refractivity contribution in [1.29, 1.82) is 0 Å². The molecule has 2 heterocycles. The van der Waals surface area contributed by atoms with Crippen molar-refractivity contribution in [2.24, 2.45) is 10.4 Å². The van der Waals surface area contributed by atoms with Gasteiger partial charge in [-0.25, -0.2) is 0 Å². The van der Waals surface area contributed by atoms with Gasteiger partial charge in [0, 0.05) is 50.3 Å². The van der Waals surface area contributed by atoms with Gasteiger partial charge in [-0.05, 0) is 49.1 Å². The van der Waals surface area contributed by atoms with E-state index in [0.29, 0.717) is 5.41 Å². The van der Waals surface area contributed by atoms with Crippen LogP contribution in [0.2, 0.25) is 5.02 Å². The molecule has 0 bridgehead atoms. The van der Waals surface area contributed by atoms with E-state index in [0.717, 1.165) is 56.7 Å². The first-order valence-electron chi connectivity index (χ1n) is 9.95. The average molecular weight is 376 g/mol. The van der Waals surface area contributed by atoms with Gasteiger partial charge < -0.3 is 15.0 Å². The molecule has 1 N–H and O–H groups in total. The summed E-state index contributed by atoms with van der Waals surface area (Å²) >= 11 is 6.58. The third-order valence-corrected chi connectivity index (χ3v) is 7.17. The molecule has 0 radical (unpaired) electrons. The summed E-state index contributed by atoms with van der Waals surface area (Å²) in [6, 6.07) is 8.28. The molecule has 1 spiro atoms. The Morgan fingerprint density at radius 1 is 1.19 bits per heavy atom. The zero-order valence-corrected chi connectivity index (χ0v) is 16.5. The fourth-order valence-electron chi connectivity index (χ4n) is 4.98. The molecule has 1 aromatic carbocycles. The smallest absolute Gasteiger partial charge is 0.193 e. The van der Waals surface area contributed by atoms with Gasteiger partial charge in [0.15, 0.2) is 5.96 Å². The highest BCUT2D eigenvalue weighted by molar-refractivity contribution is 6.31. The summed E-state index contributed by atoms with van der Waals surface area (Å²) in [7, 11) is 1.90. The molecule has 142 valence electrons. The first-order valence-corrected chi connectivity index (χ1v) is 10.3. The molecule has 0 unspecified atom stereocenters. The predicted molar refractivity (Wildman–Crippen MR) is 107 cm³/mol. The summed E-state index contributed by atoms with van der Waals surface area (Å²) in [4.78, 5) is 7.05. The summed E-state index contributed by atoms with van der Waals surface area (Å²) in [6.45, 7) is 4.73. The lowest BCUT2D eigenvalue weighted by Gasteiger charge is -2.40. The second kappa shape index (κ2) is 7.40. The van der Waals surface area contributed by atoms with Crippen LogP contribution in [0.15, 0.2) is 29.3 Å². The van der Waals surface area contributed by atoms with Crippen LogP contribution in [0.4, 0.5) is 0 Å². The van der Waals surface area contributed by atoms with Gasteiger partial charge in [0.1, 0.15) is 0 Å². The third-order valence-electron chi connectivity index (χ3n) is 6.84. The molecule has 2 aliphatic heterocycles. The van der Waals surface area contributed by atoms with Crippen LogP contribution < -0.4 is 5.32 Å². The third kappa shape index (κ3) is 3.34. The zero-order chi connectivity index (χ0) is 18.0. The van der Waals surface area contributed by atoms with Crippen molar-refractivity contribution in [3.05, 3.63) is 34.9 Å². The number of nitrogens with zero attached hydrogens (tertiary/aromatic N) is 2. The summed E-state index contributed by atoms with van der Waals surface area (Å²) < 4.78 is 5.66. The van der Waals surface area contributed by atoms with Crippen molar-refractivity contribution < 1.29 is 4.74 Å². The van der Waals surface area contributed by atoms with Gasteiger partial charge in [0.25, 0.3) is 0 Å². The number of likely N-dealkylation sites (tertiary alicyclic amines) is 1. The Hall–Kier alpha value is -1.26. The Morgan fingerprint density at radius 2 is 1.96 bits per heavy atom. The maximum absolute atomic E-state index is 6.58. The highest BCUT2D eigenvalue weighted by atomic mass is 35.5. The molecule has 0 atom stereocenters. The molecule has 5 heteroatoms. The highest BCUT2D eigenvalue weighted by Gasteiger charge is 2.44. The van der Waals surface area contributed by atoms with E-state index in [1.54, 1.807) is 0 Å². The monoisotopic (exact) mass is 375 g/mol. The molecule has 4 nitrogen and oxygen atoms in total. The Kier molecular flexibility index (Phi) is 5.15. The number of hydrogen-bond donors (Lipinski definition) is 1. The van der Waals surface area contributed by atoms with E-state index in [2.05, 4.69) is 27.3 Å². The van der Waals surface area contributed by atoms with Gasteiger partial charge in [-0.1, -0.05) is 36.2 Å². The van der Waals surface area contributed by atoms with Gasteiger partial charge >= 0.3 is 0 Å². The van der Waals surface area contributed by atoms with E-state index in [1.807, 2.05) is 19.2 Å². The second-order valence-electron chi connectivity index (χ2n) is 8.30. The first-order chi connectivity index (χ1) is 12.7. The highest BCUT2D eigenvalue weighted by Crippen LogP contribution is 2.48. The number of hydrogen-bond acceptors (Lipinski definition) is 2. The molecule has 1 aromatic rings. The predicted octanol–water partition coefficient (Wildman–Crippen LogP) is 3.84. The van der Waals surface area contributed by atoms with Crippen molar-refractivity contribution in [2.45, 2.75) is 43.9 Å². The fourth-order valence-corrected chi connectivity index (χ4v) is 5.31. The quantitative estimate of drug-likeness (QED) is 0.644. The van der Waals surface area contributed by atoms with Crippen LogP contribution >= 0.6 is 11.6 Å². The molecule has 1 aliphatic carbocycles. The van der Waals surface area contributed by atoms with E-state index < -0.39 is 0 Å². The lowest BCUT2D eigenvalue weighted by atomic mass is 9.68. The van der Waals surface area contributed by atoms with Crippen LogP contribution in [0.1, 0.15) is 44.1 Å². The molecule has 26 heavy (non-hydrogen) atoms. The van der Waals surface area contributed by atoms with Gasteiger partial charge in [-0.3, -0.25) is 4.99 Å². The molecule has 3 fully saturated rings. The topological polar surface area (TPSA) is 36.9 Å². The average Bonchev–Trinajstić information content (AvgIpc) is 3.09. The normalized spacial score (nSPS) is 24.5. The number of benzene rings is 1. The standard InChI is InChI=1S/C21H30ClN3O/c1-23-19(25-12-9-20(16-25)7-4-8-20)24-15-21(10-13-26-14-11-21)17-5-2-3-6-18(17)22/h2-3,5-6H,4,7-16H2,1H3,(H,23,24). The second-order valence-corrected chi connectivity index (χ2v) is 8.71. The van der Waals surface area contributed by atoms with Crippen LogP contribution in [-0.4, -0.2) is 50.8 Å². The van der Waals surface area contributed by atoms with Crippen LogP contribution in [0.5, 0.6) is 0 Å². The molecule has 2 saturated heterocycles. The molecular weight excluding hydrogens is 346 g/mol. The lowest BCUT2D eigenvalue weighted by Crippen LogP contribution is -2.49. The van der Waals surface area contributed by atoms with Gasteiger partial charge in [0.2, 0.25) is 0 Å². The van der Waals surface area contributed by atoms with Crippen molar-refractivity contribution in [3.8, 4) is 0 Å². The van der Waals surface area contributed by atoms with Crippen LogP contribution in [0.3, 0.4) is 0 Å². The molecule has 1 saturated carbocycles. The largest absolute Gasteiger partial charge is 0.381 e. The van der Waals surface area contributed by atoms with Crippen LogP contribution in [0, 0.1) is 5.41 Å². The maximum Gasteiger partial charge on any atom is 0.193 e. The van der Waals surface area contributed by atoms with E-state index >= 15 is 0 Å². The van der Waals surface area contributed by atoms with Crippen molar-refractivity contribution in [3.63, 3.8) is 0 Å². The van der Waals surface area contributed by atoms with Gasteiger partial charge in [-0.2, -0.15) is 0 Å². The Bertz CT molecular complexity index is 665. The number of aliphatic imine (C=N–C) groups is 1. The van der Waals surface area contributed by atoms with E-state index in [1.165, 1.54) is 31.2 Å². The number of rotatable bonds is 3. The SMILES string of the molecule is CN=C(NCC1(c2ccccc2Cl)CCOCC1)N1CCC2(CCC2)C1. The number of nitrogens with one attached hydrogen (secondary N) is 1. The van der Waals surface area contributed by atoms with E-state index in [-0.39, 0.29) is 5.41 Å². The number of ether oxygens (including phenoxy) is 1. The molecule has 4 rings (SSSR count). The summed E-state index contributed by atoms with van der Waals surface area (Å²) in [6.07, 6.45) is 7.48. The van der Waals surface area contributed by atoms with Gasteiger partial charge in [-0.15, -0.1) is 0 Å². The van der Waals surface area contributed by atoms with E-state index in [4.69, 9.17) is 16.3 Å². The minimum absolute atomic E-state index is 0.0143. The Labute approximate surface area is 162 Å². The molecular formula is C21H30ClN3O. The number of halogens is 1. The first kappa shape index (κ1) is 18.1. The Morgan fingerprint density at radius 3 is 2.58 bits per heavy atom. The zero-order valence-electron chi connectivity index (χ0n) is 15.8. The van der Waals surface area contributed by atoms with Gasteiger partial charge in [0.05, 0.1) is 0 Å². The molecule has 3 aliphatic rings. The summed E-state index contributed by atoms with van der Waals surface area (Å²) in [5, 5.41) is 4.56. The van der Waals surface area contributed by atoms with E-state index in [9.17, 15) is 0 Å². The van der Waals surface area contributed by atoms with Crippen LogP contribution in [0.25, 0.3) is 0 Å². The molecule has 0 aromatic heterocycles. The summed E-state index contributed by atoms with van der Waals surface area (Å²) in [5.41, 5.74) is 1.83. The lowest BCUT2D eigenvalue weighted by molar-refractivity contribution is 0.0512. The van der Waals surface area contributed by atoms with Crippen molar-refractivity contribution in [1.82, 2.24) is 10.2 Å². The summed E-state index contributed by atoms with van der Waals surface area (Å²) in [5.74, 6) is 1.05. The minimum Gasteiger partial charge on any atom is -0.381 e. The Balaban J connectivity index is 1.48. The van der Waals surface area contributed by atoms with Crippen molar-refractivity contribution in [2.75, 3.05) is 39.9 Å². The van der Waals surface area contributed by atoms with Crippen LogP contribution in [-0.2, 0) is 10.2 Å².